The molecule has 0 unspecified atom stereocenters. The Hall–Kier alpha value is -3.11. The van der Waals surface area contributed by atoms with Gasteiger partial charge in [-0.15, -0.1) is 10.2 Å². The van der Waals surface area contributed by atoms with Crippen molar-refractivity contribution >= 4 is 22.0 Å². The summed E-state index contributed by atoms with van der Waals surface area (Å²) in [5.41, 5.74) is 0.504. The molecule has 0 amide bonds. The number of aryl methyl sites for hydroxylation is 1. The minimum Gasteiger partial charge on any atom is -0.466 e. The van der Waals surface area contributed by atoms with Crippen molar-refractivity contribution in [3.63, 3.8) is 0 Å². The number of ether oxygens (including phenoxy) is 2. The number of nitrogens with zero attached hydrogens (tertiary/aromatic N) is 3. The summed E-state index contributed by atoms with van der Waals surface area (Å²) in [6, 6.07) is 4.62. The number of alkyl halides is 3. The number of methoxy groups -OCH3 is 1. The second kappa shape index (κ2) is 7.46. The van der Waals surface area contributed by atoms with Crippen LogP contribution in [0.1, 0.15) is 36.9 Å². The molecule has 3 heterocycles. The molecule has 7 nitrogen and oxygen atoms in total. The Morgan fingerprint density at radius 2 is 2.00 bits per heavy atom. The Morgan fingerprint density at radius 1 is 1.24 bits per heavy atom. The van der Waals surface area contributed by atoms with E-state index < -0.39 is 17.3 Å². The van der Waals surface area contributed by atoms with E-state index in [9.17, 15) is 18.3 Å². The van der Waals surface area contributed by atoms with Crippen molar-refractivity contribution in [2.75, 3.05) is 13.9 Å². The first-order valence-electron chi connectivity index (χ1n) is 10.4. The van der Waals surface area contributed by atoms with Crippen LogP contribution in [0.15, 0.2) is 35.1 Å². The average molecular weight is 461 g/mol. The second-order valence-electron chi connectivity index (χ2n) is 8.75. The first-order chi connectivity index (χ1) is 15.6. The van der Waals surface area contributed by atoms with Crippen LogP contribution in [0.5, 0.6) is 5.75 Å². The quantitative estimate of drug-likeness (QED) is 0.410. The molecule has 1 aliphatic carbocycles. The second-order valence-corrected chi connectivity index (χ2v) is 8.75. The maximum Gasteiger partial charge on any atom is 0.418 e. The molecule has 174 valence electrons. The predicted molar refractivity (Wildman–Crippen MR) is 114 cm³/mol. The van der Waals surface area contributed by atoms with E-state index in [0.29, 0.717) is 40.7 Å². The van der Waals surface area contributed by atoms with Crippen molar-refractivity contribution < 1.29 is 32.2 Å². The Balaban J connectivity index is 1.71. The third-order valence-corrected chi connectivity index (χ3v) is 6.11. The summed E-state index contributed by atoms with van der Waals surface area (Å²) in [6.07, 6.45) is -1.30. The molecule has 0 bridgehead atoms. The zero-order valence-corrected chi connectivity index (χ0v) is 18.2. The Morgan fingerprint density at radius 3 is 2.67 bits per heavy atom. The zero-order valence-electron chi connectivity index (χ0n) is 18.2. The molecule has 10 heteroatoms. The van der Waals surface area contributed by atoms with Gasteiger partial charge in [-0.2, -0.15) is 13.2 Å². The van der Waals surface area contributed by atoms with E-state index in [0.717, 1.165) is 6.20 Å². The lowest BCUT2D eigenvalue weighted by Gasteiger charge is -2.41. The number of rotatable bonds is 5. The van der Waals surface area contributed by atoms with E-state index in [4.69, 9.17) is 13.9 Å². The van der Waals surface area contributed by atoms with E-state index in [1.807, 2.05) is 0 Å². The van der Waals surface area contributed by atoms with Gasteiger partial charge in [0.05, 0.1) is 28.5 Å². The molecule has 1 N–H and O–H groups in total. The van der Waals surface area contributed by atoms with Gasteiger partial charge in [-0.05, 0) is 50.5 Å². The molecule has 1 aliphatic rings. The van der Waals surface area contributed by atoms with Crippen molar-refractivity contribution in [3.8, 4) is 17.0 Å². The fourth-order valence-corrected chi connectivity index (χ4v) is 4.61. The molecule has 33 heavy (non-hydrogen) atoms. The minimum absolute atomic E-state index is 0.0524. The molecule has 1 aromatic carbocycles. The summed E-state index contributed by atoms with van der Waals surface area (Å²) in [5, 5.41) is 19.1. The summed E-state index contributed by atoms with van der Waals surface area (Å²) in [6.45, 7) is 3.41. The molecule has 1 saturated carbocycles. The fourth-order valence-electron chi connectivity index (χ4n) is 4.61. The van der Waals surface area contributed by atoms with Crippen molar-refractivity contribution in [3.05, 3.63) is 41.8 Å². The van der Waals surface area contributed by atoms with Crippen LogP contribution in [0.25, 0.3) is 33.3 Å². The number of halogens is 3. The van der Waals surface area contributed by atoms with Gasteiger partial charge in [0.1, 0.15) is 11.3 Å². The van der Waals surface area contributed by atoms with Crippen LogP contribution < -0.4 is 4.74 Å². The van der Waals surface area contributed by atoms with Gasteiger partial charge in [-0.3, -0.25) is 0 Å². The maximum atomic E-state index is 13.9. The maximum absolute atomic E-state index is 13.9. The highest BCUT2D eigenvalue weighted by Crippen LogP contribution is 2.46. The van der Waals surface area contributed by atoms with E-state index in [2.05, 4.69) is 10.2 Å². The zero-order chi connectivity index (χ0) is 23.5. The highest BCUT2D eigenvalue weighted by Gasteiger charge is 2.42. The van der Waals surface area contributed by atoms with E-state index in [1.54, 1.807) is 26.0 Å². The third-order valence-electron chi connectivity index (χ3n) is 6.11. The van der Waals surface area contributed by atoms with Crippen molar-refractivity contribution in [1.82, 2.24) is 14.8 Å². The topological polar surface area (TPSA) is 82.5 Å². The predicted octanol–water partition coefficient (Wildman–Crippen LogP) is 5.24. The van der Waals surface area contributed by atoms with E-state index in [1.165, 1.54) is 24.0 Å². The monoisotopic (exact) mass is 461 g/mol. The normalized spacial score (nSPS) is 21.0. The number of benzene rings is 1. The van der Waals surface area contributed by atoms with Crippen LogP contribution in [0.2, 0.25) is 0 Å². The first kappa shape index (κ1) is 21.7. The van der Waals surface area contributed by atoms with Crippen LogP contribution in [0.3, 0.4) is 0 Å². The van der Waals surface area contributed by atoms with Gasteiger partial charge in [0.25, 0.3) is 0 Å². The van der Waals surface area contributed by atoms with Crippen molar-refractivity contribution in [2.45, 2.75) is 44.5 Å². The minimum atomic E-state index is -4.57. The number of fused-ring (bicyclic) bond motifs is 2. The summed E-state index contributed by atoms with van der Waals surface area (Å²) >= 11 is 0. The lowest BCUT2D eigenvalue weighted by molar-refractivity contribution is -0.136. The molecular weight excluding hydrogens is 439 g/mol. The summed E-state index contributed by atoms with van der Waals surface area (Å²) in [4.78, 5) is 0. The number of furan rings is 1. The lowest BCUT2D eigenvalue weighted by Crippen LogP contribution is -2.41. The largest absolute Gasteiger partial charge is 0.466 e. The molecule has 0 atom stereocenters. The van der Waals surface area contributed by atoms with Crippen molar-refractivity contribution in [2.24, 2.45) is 0 Å². The molecule has 3 aromatic heterocycles. The van der Waals surface area contributed by atoms with Gasteiger partial charge in [0, 0.05) is 30.3 Å². The molecule has 0 aliphatic heterocycles. The van der Waals surface area contributed by atoms with Crippen LogP contribution >= 0.6 is 0 Å². The number of aliphatic hydroxyl groups is 1. The molecule has 4 aromatic rings. The van der Waals surface area contributed by atoms with E-state index >= 15 is 0 Å². The molecule has 1 fully saturated rings. The number of hydrogen-bond donors (Lipinski definition) is 1. The Labute approximate surface area is 186 Å². The fraction of sp³-hybridized carbons (Fsp3) is 0.391. The Bertz CT molecular complexity index is 1350. The SMILES string of the molecule is COCOc1c(-c2cc3c(C(F)(F)F)cn(C4CC(C)(O)C4)c3nn2)c(C)cc2occc12. The van der Waals surface area contributed by atoms with E-state index in [-0.39, 0.29) is 29.6 Å². The summed E-state index contributed by atoms with van der Waals surface area (Å²) in [7, 11) is 1.48. The van der Waals surface area contributed by atoms with Gasteiger partial charge in [0.15, 0.2) is 12.4 Å². The smallest absolute Gasteiger partial charge is 0.418 e. The summed E-state index contributed by atoms with van der Waals surface area (Å²) < 4.78 is 59.6. The van der Waals surface area contributed by atoms with Gasteiger partial charge in [0.2, 0.25) is 0 Å². The van der Waals surface area contributed by atoms with Crippen LogP contribution in [0.4, 0.5) is 13.2 Å². The highest BCUT2D eigenvalue weighted by molar-refractivity contribution is 5.95. The van der Waals surface area contributed by atoms with Gasteiger partial charge in [-0.25, -0.2) is 0 Å². The average Bonchev–Trinajstić information content (AvgIpc) is 3.33. The molecule has 0 radical (unpaired) electrons. The molecular formula is C23H22F3N3O4. The van der Waals surface area contributed by atoms with Crippen LogP contribution in [0, 0.1) is 6.92 Å². The van der Waals surface area contributed by atoms with Crippen LogP contribution in [-0.4, -0.2) is 39.4 Å². The number of aromatic nitrogens is 3. The first-order valence-corrected chi connectivity index (χ1v) is 10.4. The third kappa shape index (κ3) is 3.63. The van der Waals surface area contributed by atoms with Crippen LogP contribution in [-0.2, 0) is 10.9 Å². The van der Waals surface area contributed by atoms with Gasteiger partial charge in [-0.1, -0.05) is 0 Å². The summed E-state index contributed by atoms with van der Waals surface area (Å²) in [5.74, 6) is 0.400. The standard InChI is InChI=1S/C23H22F3N3O4/c1-12-6-18-14(4-5-32-18)20(33-11-31-3)19(12)17-7-15-16(23(24,25)26)10-29(21(15)28-27-17)13-8-22(2,30)9-13/h4-7,10,13,30H,8-9,11H2,1-3H3. The van der Waals surface area contributed by atoms with Gasteiger partial charge >= 0.3 is 6.18 Å². The molecule has 0 saturated heterocycles. The lowest BCUT2D eigenvalue weighted by atomic mass is 9.77. The molecule has 0 spiro atoms. The van der Waals surface area contributed by atoms with Gasteiger partial charge < -0.3 is 23.6 Å². The Kier molecular flexibility index (Phi) is 4.91. The van der Waals surface area contributed by atoms with Crippen molar-refractivity contribution in [1.29, 1.82) is 0 Å². The molecule has 5 rings (SSSR count). The number of hydrogen-bond acceptors (Lipinski definition) is 6. The highest BCUT2D eigenvalue weighted by atomic mass is 19.4.